The third kappa shape index (κ3) is 4.29. The van der Waals surface area contributed by atoms with Gasteiger partial charge in [-0.15, -0.1) is 10.2 Å². The highest BCUT2D eigenvalue weighted by Crippen LogP contribution is 2.15. The highest BCUT2D eigenvalue weighted by Gasteiger charge is 2.16. The second-order valence-corrected chi connectivity index (χ2v) is 6.36. The number of amides is 2. The largest absolute Gasteiger partial charge is 0.497 e. The zero-order valence-electron chi connectivity index (χ0n) is 14.9. The number of nitrogens with zero attached hydrogens (tertiary/aromatic N) is 4. The van der Waals surface area contributed by atoms with Crippen LogP contribution in [0.4, 0.5) is 4.79 Å². The Hall–Kier alpha value is -2.57. The van der Waals surface area contributed by atoms with Crippen LogP contribution >= 0.6 is 0 Å². The summed E-state index contributed by atoms with van der Waals surface area (Å²) in [5.74, 6) is 2.66. The topological polar surface area (TPSA) is 72.3 Å². The van der Waals surface area contributed by atoms with Crippen molar-refractivity contribution < 1.29 is 9.53 Å². The number of fused-ring (bicyclic) bond motifs is 1. The van der Waals surface area contributed by atoms with Gasteiger partial charge in [0.15, 0.2) is 5.82 Å². The smallest absolute Gasteiger partial charge is 0.317 e. The van der Waals surface area contributed by atoms with Crippen molar-refractivity contribution in [3.05, 3.63) is 41.5 Å². The van der Waals surface area contributed by atoms with Gasteiger partial charge < -0.3 is 19.5 Å². The molecule has 7 heteroatoms. The van der Waals surface area contributed by atoms with Crippen LogP contribution in [-0.2, 0) is 26.1 Å². The highest BCUT2D eigenvalue weighted by atomic mass is 16.5. The quantitative estimate of drug-likeness (QED) is 0.904. The molecule has 0 unspecified atom stereocenters. The number of rotatable bonds is 5. The molecule has 1 aliphatic heterocycles. The first kappa shape index (κ1) is 17.3. The number of aryl methyl sites for hydroxylation is 1. The zero-order valence-corrected chi connectivity index (χ0v) is 14.9. The van der Waals surface area contributed by atoms with Crippen molar-refractivity contribution in [2.45, 2.75) is 45.3 Å². The minimum Gasteiger partial charge on any atom is -0.497 e. The lowest BCUT2D eigenvalue weighted by Crippen LogP contribution is -2.37. The second kappa shape index (κ2) is 8.00. The van der Waals surface area contributed by atoms with Crippen LogP contribution in [0.3, 0.4) is 0 Å². The van der Waals surface area contributed by atoms with Crippen molar-refractivity contribution in [1.82, 2.24) is 25.0 Å². The molecule has 0 atom stereocenters. The maximum absolute atomic E-state index is 12.4. The molecular weight excluding hydrogens is 318 g/mol. The first-order chi connectivity index (χ1) is 12.2. The Morgan fingerprint density at radius 2 is 2.20 bits per heavy atom. The van der Waals surface area contributed by atoms with Crippen molar-refractivity contribution in [1.29, 1.82) is 0 Å². The standard InChI is InChI=1S/C18H25N5O2/c1-22(13-14-7-6-8-15(11-14)25-2)18(24)19-12-17-21-20-16-9-4-3-5-10-23(16)17/h6-8,11H,3-5,9-10,12-13H2,1-2H3,(H,19,24). The molecular formula is C18H25N5O2. The lowest BCUT2D eigenvalue weighted by Gasteiger charge is -2.18. The van der Waals surface area contributed by atoms with Gasteiger partial charge in [0, 0.05) is 26.6 Å². The second-order valence-electron chi connectivity index (χ2n) is 6.36. The summed E-state index contributed by atoms with van der Waals surface area (Å²) in [6, 6.07) is 7.59. The summed E-state index contributed by atoms with van der Waals surface area (Å²) >= 11 is 0. The molecule has 134 valence electrons. The molecule has 0 spiro atoms. The summed E-state index contributed by atoms with van der Waals surface area (Å²) in [6.07, 6.45) is 4.49. The number of hydrogen-bond donors (Lipinski definition) is 1. The van der Waals surface area contributed by atoms with Crippen LogP contribution < -0.4 is 10.1 Å². The van der Waals surface area contributed by atoms with Gasteiger partial charge in [0.25, 0.3) is 0 Å². The van der Waals surface area contributed by atoms with Crippen molar-refractivity contribution >= 4 is 6.03 Å². The molecule has 1 aromatic heterocycles. The Labute approximate surface area is 148 Å². The minimum absolute atomic E-state index is 0.131. The number of carbonyl (C=O) groups excluding carboxylic acids is 1. The first-order valence-electron chi connectivity index (χ1n) is 8.70. The summed E-state index contributed by atoms with van der Waals surface area (Å²) in [4.78, 5) is 14.0. The molecule has 2 heterocycles. The average molecular weight is 343 g/mol. The Morgan fingerprint density at radius 1 is 1.32 bits per heavy atom. The van der Waals surface area contributed by atoms with E-state index in [4.69, 9.17) is 4.74 Å². The highest BCUT2D eigenvalue weighted by molar-refractivity contribution is 5.73. The third-order valence-electron chi connectivity index (χ3n) is 4.48. The Bertz CT molecular complexity index is 728. The van der Waals surface area contributed by atoms with E-state index in [0.29, 0.717) is 13.1 Å². The van der Waals surface area contributed by atoms with Gasteiger partial charge in [-0.2, -0.15) is 0 Å². The molecule has 2 amide bonds. The predicted octanol–water partition coefficient (Wildman–Crippen LogP) is 2.35. The zero-order chi connectivity index (χ0) is 17.6. The Morgan fingerprint density at radius 3 is 3.04 bits per heavy atom. The van der Waals surface area contributed by atoms with E-state index < -0.39 is 0 Å². The van der Waals surface area contributed by atoms with Gasteiger partial charge >= 0.3 is 6.03 Å². The van der Waals surface area contributed by atoms with E-state index >= 15 is 0 Å². The number of carbonyl (C=O) groups is 1. The van der Waals surface area contributed by atoms with Gasteiger partial charge in [0.1, 0.15) is 11.6 Å². The van der Waals surface area contributed by atoms with Crippen LogP contribution in [0.2, 0.25) is 0 Å². The fourth-order valence-electron chi connectivity index (χ4n) is 3.08. The molecule has 0 saturated heterocycles. The molecule has 1 aromatic carbocycles. The molecule has 25 heavy (non-hydrogen) atoms. The van der Waals surface area contributed by atoms with Crippen LogP contribution in [0.15, 0.2) is 24.3 Å². The van der Waals surface area contributed by atoms with Gasteiger partial charge in [-0.3, -0.25) is 0 Å². The average Bonchev–Trinajstić information content (AvgIpc) is 2.86. The molecule has 7 nitrogen and oxygen atoms in total. The van der Waals surface area contributed by atoms with Crippen LogP contribution in [0.1, 0.15) is 36.5 Å². The lowest BCUT2D eigenvalue weighted by molar-refractivity contribution is 0.206. The van der Waals surface area contributed by atoms with E-state index in [1.54, 1.807) is 19.1 Å². The molecule has 0 fully saturated rings. The number of methoxy groups -OCH3 is 1. The van der Waals surface area contributed by atoms with E-state index in [1.165, 1.54) is 6.42 Å². The number of aromatic nitrogens is 3. The van der Waals surface area contributed by atoms with Crippen LogP contribution in [0.25, 0.3) is 0 Å². The van der Waals surface area contributed by atoms with Crippen LogP contribution in [0.5, 0.6) is 5.75 Å². The molecule has 2 aromatic rings. The van der Waals surface area contributed by atoms with E-state index in [1.807, 2.05) is 24.3 Å². The summed E-state index contributed by atoms with van der Waals surface area (Å²) in [5.41, 5.74) is 1.02. The van der Waals surface area contributed by atoms with Crippen molar-refractivity contribution in [3.63, 3.8) is 0 Å². The third-order valence-corrected chi connectivity index (χ3v) is 4.48. The van der Waals surface area contributed by atoms with Gasteiger partial charge in [-0.25, -0.2) is 4.79 Å². The monoisotopic (exact) mass is 343 g/mol. The van der Waals surface area contributed by atoms with E-state index in [2.05, 4.69) is 20.1 Å². The van der Waals surface area contributed by atoms with E-state index in [0.717, 1.165) is 48.8 Å². The predicted molar refractivity (Wildman–Crippen MR) is 94.3 cm³/mol. The fraction of sp³-hybridized carbons (Fsp3) is 0.500. The lowest BCUT2D eigenvalue weighted by atomic mass is 10.2. The number of nitrogens with one attached hydrogen (secondary N) is 1. The number of urea groups is 1. The van der Waals surface area contributed by atoms with Crippen molar-refractivity contribution in [2.75, 3.05) is 14.2 Å². The summed E-state index contributed by atoms with van der Waals surface area (Å²) in [6.45, 7) is 1.85. The van der Waals surface area contributed by atoms with Crippen LogP contribution in [-0.4, -0.2) is 39.9 Å². The molecule has 1 N–H and O–H groups in total. The minimum atomic E-state index is -0.131. The van der Waals surface area contributed by atoms with E-state index in [-0.39, 0.29) is 6.03 Å². The molecule has 0 saturated carbocycles. The molecule has 3 rings (SSSR count). The summed E-state index contributed by atoms with van der Waals surface area (Å²) in [5, 5.41) is 11.4. The normalized spacial score (nSPS) is 13.7. The van der Waals surface area contributed by atoms with E-state index in [9.17, 15) is 4.79 Å². The van der Waals surface area contributed by atoms with Gasteiger partial charge in [0.05, 0.1) is 13.7 Å². The first-order valence-corrected chi connectivity index (χ1v) is 8.70. The maximum Gasteiger partial charge on any atom is 0.317 e. The Balaban J connectivity index is 1.56. The van der Waals surface area contributed by atoms with Gasteiger partial charge in [-0.05, 0) is 30.5 Å². The molecule has 0 bridgehead atoms. The van der Waals surface area contributed by atoms with Crippen molar-refractivity contribution in [2.24, 2.45) is 0 Å². The fourth-order valence-corrected chi connectivity index (χ4v) is 3.08. The molecule has 1 aliphatic rings. The number of benzene rings is 1. The van der Waals surface area contributed by atoms with Gasteiger partial charge in [-0.1, -0.05) is 18.6 Å². The van der Waals surface area contributed by atoms with Crippen molar-refractivity contribution in [3.8, 4) is 5.75 Å². The van der Waals surface area contributed by atoms with Gasteiger partial charge in [0.2, 0.25) is 0 Å². The Kier molecular flexibility index (Phi) is 5.53. The summed E-state index contributed by atoms with van der Waals surface area (Å²) < 4.78 is 7.37. The number of ether oxygens (including phenoxy) is 1. The molecule has 0 aliphatic carbocycles. The summed E-state index contributed by atoms with van der Waals surface area (Å²) in [7, 11) is 3.41. The molecule has 0 radical (unpaired) electrons. The van der Waals surface area contributed by atoms with Crippen LogP contribution in [0, 0.1) is 0 Å². The maximum atomic E-state index is 12.4. The SMILES string of the molecule is COc1cccc(CN(C)C(=O)NCc2nnc3n2CCCCC3)c1. The number of hydrogen-bond acceptors (Lipinski definition) is 4.